The van der Waals surface area contributed by atoms with Crippen molar-refractivity contribution in [1.29, 1.82) is 0 Å². The molecule has 174 valence electrons. The van der Waals surface area contributed by atoms with Gasteiger partial charge in [-0.3, -0.25) is 10.1 Å². The lowest BCUT2D eigenvalue weighted by Gasteiger charge is -2.11. The van der Waals surface area contributed by atoms with E-state index in [0.29, 0.717) is 35.1 Å². The van der Waals surface area contributed by atoms with E-state index in [1.165, 1.54) is 0 Å². The second-order valence-corrected chi connectivity index (χ2v) is 7.37. The highest BCUT2D eigenvalue weighted by molar-refractivity contribution is 6.30. The molecule has 0 saturated heterocycles. The number of aryl methyl sites for hydroxylation is 1. The van der Waals surface area contributed by atoms with Gasteiger partial charge in [-0.05, 0) is 50.1 Å². The van der Waals surface area contributed by atoms with Gasteiger partial charge in [-0.1, -0.05) is 35.0 Å². The number of esters is 1. The summed E-state index contributed by atoms with van der Waals surface area (Å²) in [7, 11) is 1.56. The van der Waals surface area contributed by atoms with Crippen molar-refractivity contribution in [1.82, 2.24) is 5.16 Å². The van der Waals surface area contributed by atoms with Crippen LogP contribution in [0.25, 0.3) is 11.3 Å². The number of nitrogens with one attached hydrogen (secondary N) is 1. The molecule has 1 heterocycles. The summed E-state index contributed by atoms with van der Waals surface area (Å²) in [6.45, 7) is 4.27. The summed E-state index contributed by atoms with van der Waals surface area (Å²) in [5.41, 5.74) is 1.82. The summed E-state index contributed by atoms with van der Waals surface area (Å²) in [5, 5.41) is 7.15. The maximum Gasteiger partial charge on any atom is 0.346 e. The molecule has 9 heteroatoms. The molecule has 8 nitrogen and oxygen atoms in total. The van der Waals surface area contributed by atoms with E-state index in [1.807, 2.05) is 25.1 Å². The molecule has 0 bridgehead atoms. The SMILES string of the molecule is CCOC(=O)c1c(-c2ccc(Cl)cc2)noc1NC(=O)CCc1ccc(OCC)c(OC)c1. The highest BCUT2D eigenvalue weighted by atomic mass is 35.5. The molecule has 3 rings (SSSR count). The summed E-state index contributed by atoms with van der Waals surface area (Å²) in [6.07, 6.45) is 0.595. The Balaban J connectivity index is 1.75. The summed E-state index contributed by atoms with van der Waals surface area (Å²) >= 11 is 5.95. The predicted octanol–water partition coefficient (Wildman–Crippen LogP) is 5.15. The van der Waals surface area contributed by atoms with Gasteiger partial charge in [0.2, 0.25) is 11.8 Å². The van der Waals surface area contributed by atoms with Gasteiger partial charge in [0, 0.05) is 17.0 Å². The number of nitrogens with zero attached hydrogens (tertiary/aromatic N) is 1. The summed E-state index contributed by atoms with van der Waals surface area (Å²) < 4.78 is 21.3. The molecule has 2 aromatic carbocycles. The number of aromatic nitrogens is 1. The van der Waals surface area contributed by atoms with Crippen LogP contribution in [-0.4, -0.2) is 37.4 Å². The molecule has 0 radical (unpaired) electrons. The quantitative estimate of drug-likeness (QED) is 0.407. The van der Waals surface area contributed by atoms with E-state index in [4.69, 9.17) is 30.3 Å². The summed E-state index contributed by atoms with van der Waals surface area (Å²) in [6, 6.07) is 12.3. The van der Waals surface area contributed by atoms with Crippen LogP contribution in [0.2, 0.25) is 5.02 Å². The fourth-order valence-electron chi connectivity index (χ4n) is 3.16. The number of anilines is 1. The molecule has 0 atom stereocenters. The van der Waals surface area contributed by atoms with Crippen molar-refractivity contribution in [3.63, 3.8) is 0 Å². The van der Waals surface area contributed by atoms with Gasteiger partial charge in [0.25, 0.3) is 0 Å². The number of hydrogen-bond acceptors (Lipinski definition) is 7. The first-order valence-corrected chi connectivity index (χ1v) is 10.9. The normalized spacial score (nSPS) is 10.5. The highest BCUT2D eigenvalue weighted by Gasteiger charge is 2.26. The van der Waals surface area contributed by atoms with Crippen LogP contribution in [0.15, 0.2) is 47.0 Å². The number of hydrogen-bond donors (Lipinski definition) is 1. The standard InChI is InChI=1S/C24H25ClN2O6/c1-4-31-18-12-6-15(14-19(18)30-3)7-13-20(28)26-23-21(24(29)32-5-2)22(27-33-23)16-8-10-17(25)11-9-16/h6,8-12,14H,4-5,7,13H2,1-3H3,(H,26,28). The molecule has 0 fully saturated rings. The Bertz CT molecular complexity index is 1110. The van der Waals surface area contributed by atoms with Gasteiger partial charge in [-0.15, -0.1) is 0 Å². The molecule has 1 amide bonds. The molecular weight excluding hydrogens is 448 g/mol. The van der Waals surface area contributed by atoms with Crippen molar-refractivity contribution in [3.8, 4) is 22.8 Å². The zero-order chi connectivity index (χ0) is 23.8. The molecule has 1 aromatic heterocycles. The first-order valence-electron chi connectivity index (χ1n) is 10.5. The van der Waals surface area contributed by atoms with E-state index >= 15 is 0 Å². The second kappa shape index (κ2) is 11.4. The van der Waals surface area contributed by atoms with E-state index in [2.05, 4.69) is 10.5 Å². The Morgan fingerprint density at radius 2 is 1.82 bits per heavy atom. The van der Waals surface area contributed by atoms with Crippen LogP contribution in [0.1, 0.15) is 36.2 Å². The molecule has 0 unspecified atom stereocenters. The lowest BCUT2D eigenvalue weighted by Crippen LogP contribution is -2.15. The van der Waals surface area contributed by atoms with Crippen LogP contribution in [-0.2, 0) is 16.0 Å². The van der Waals surface area contributed by atoms with Crippen LogP contribution in [0.5, 0.6) is 11.5 Å². The Kier molecular flexibility index (Phi) is 8.32. The number of amides is 1. The van der Waals surface area contributed by atoms with E-state index in [9.17, 15) is 9.59 Å². The van der Waals surface area contributed by atoms with Crippen molar-refractivity contribution in [2.24, 2.45) is 0 Å². The van der Waals surface area contributed by atoms with Gasteiger partial charge in [-0.2, -0.15) is 0 Å². The summed E-state index contributed by atoms with van der Waals surface area (Å²) in [5.74, 6) is 0.195. The topological polar surface area (TPSA) is 99.9 Å². The maximum absolute atomic E-state index is 12.6. The smallest absolute Gasteiger partial charge is 0.346 e. The first kappa shape index (κ1) is 24.1. The number of methoxy groups -OCH3 is 1. The lowest BCUT2D eigenvalue weighted by atomic mass is 10.1. The first-order chi connectivity index (χ1) is 16.0. The Morgan fingerprint density at radius 3 is 2.48 bits per heavy atom. The number of ether oxygens (including phenoxy) is 3. The minimum absolute atomic E-state index is 0.0512. The fourth-order valence-corrected chi connectivity index (χ4v) is 3.29. The van der Waals surface area contributed by atoms with E-state index < -0.39 is 5.97 Å². The fraction of sp³-hybridized carbons (Fsp3) is 0.292. The van der Waals surface area contributed by atoms with Crippen LogP contribution in [0.3, 0.4) is 0 Å². The van der Waals surface area contributed by atoms with Crippen molar-refractivity contribution >= 4 is 29.4 Å². The zero-order valence-corrected chi connectivity index (χ0v) is 19.4. The maximum atomic E-state index is 12.6. The third kappa shape index (κ3) is 6.04. The number of halogens is 1. The van der Waals surface area contributed by atoms with Crippen molar-refractivity contribution in [3.05, 3.63) is 58.6 Å². The number of benzene rings is 2. The second-order valence-electron chi connectivity index (χ2n) is 6.93. The molecule has 0 saturated carbocycles. The third-order valence-electron chi connectivity index (χ3n) is 4.71. The van der Waals surface area contributed by atoms with E-state index in [-0.39, 0.29) is 36.1 Å². The van der Waals surface area contributed by atoms with E-state index in [0.717, 1.165) is 5.56 Å². The van der Waals surface area contributed by atoms with Gasteiger partial charge in [0.1, 0.15) is 5.69 Å². The van der Waals surface area contributed by atoms with Crippen molar-refractivity contribution < 1.29 is 28.3 Å². The minimum Gasteiger partial charge on any atom is -0.493 e. The summed E-state index contributed by atoms with van der Waals surface area (Å²) in [4.78, 5) is 25.2. The molecule has 0 aliphatic rings. The average molecular weight is 473 g/mol. The minimum atomic E-state index is -0.643. The number of carbonyl (C=O) groups is 2. The van der Waals surface area contributed by atoms with Crippen LogP contribution in [0.4, 0.5) is 5.88 Å². The molecule has 33 heavy (non-hydrogen) atoms. The molecule has 1 N–H and O–H groups in total. The van der Waals surface area contributed by atoms with Gasteiger partial charge >= 0.3 is 5.97 Å². The van der Waals surface area contributed by atoms with Gasteiger partial charge in [-0.25, -0.2) is 4.79 Å². The van der Waals surface area contributed by atoms with Gasteiger partial charge in [0.15, 0.2) is 17.1 Å². The van der Waals surface area contributed by atoms with Crippen LogP contribution < -0.4 is 14.8 Å². The Hall–Kier alpha value is -3.52. The third-order valence-corrected chi connectivity index (χ3v) is 4.96. The number of carbonyl (C=O) groups excluding carboxylic acids is 2. The van der Waals surface area contributed by atoms with Crippen LogP contribution in [0, 0.1) is 0 Å². The zero-order valence-electron chi connectivity index (χ0n) is 18.6. The molecule has 3 aromatic rings. The lowest BCUT2D eigenvalue weighted by molar-refractivity contribution is -0.116. The average Bonchev–Trinajstić information content (AvgIpc) is 3.22. The Labute approximate surface area is 196 Å². The van der Waals surface area contributed by atoms with Gasteiger partial charge < -0.3 is 18.7 Å². The largest absolute Gasteiger partial charge is 0.493 e. The molecule has 0 aliphatic carbocycles. The monoisotopic (exact) mass is 472 g/mol. The van der Waals surface area contributed by atoms with Gasteiger partial charge in [0.05, 0.1) is 20.3 Å². The molecule has 0 aliphatic heterocycles. The van der Waals surface area contributed by atoms with Crippen molar-refractivity contribution in [2.45, 2.75) is 26.7 Å². The Morgan fingerprint density at radius 1 is 1.06 bits per heavy atom. The predicted molar refractivity (Wildman–Crippen MR) is 124 cm³/mol. The van der Waals surface area contributed by atoms with Crippen molar-refractivity contribution in [2.75, 3.05) is 25.6 Å². The highest BCUT2D eigenvalue weighted by Crippen LogP contribution is 2.31. The van der Waals surface area contributed by atoms with Crippen LogP contribution >= 0.6 is 11.6 Å². The van der Waals surface area contributed by atoms with E-state index in [1.54, 1.807) is 38.3 Å². The molecular formula is C24H25ClN2O6. The number of rotatable bonds is 10. The molecule has 0 spiro atoms.